The second-order valence-electron chi connectivity index (χ2n) is 5.65. The molecule has 4 nitrogen and oxygen atoms in total. The highest BCUT2D eigenvalue weighted by molar-refractivity contribution is 7.89. The van der Waals surface area contributed by atoms with E-state index in [-0.39, 0.29) is 15.6 Å². The van der Waals surface area contributed by atoms with Crippen LogP contribution < -0.4 is 5.73 Å². The van der Waals surface area contributed by atoms with Gasteiger partial charge in [0.2, 0.25) is 10.0 Å². The standard InChI is InChI=1S/C15H23ClN2O2S/c1-2-5-12-6-4-10-18(11-9-12)21(19,20)15-13(16)7-3-8-14(15)17/h3,7-8,12H,2,4-6,9-11,17H2,1H3. The average Bonchev–Trinajstić information content (AvgIpc) is 2.65. The molecule has 0 saturated carbocycles. The van der Waals surface area contributed by atoms with Crippen molar-refractivity contribution in [1.29, 1.82) is 0 Å². The van der Waals surface area contributed by atoms with E-state index in [0.29, 0.717) is 19.0 Å². The molecule has 0 radical (unpaired) electrons. The number of sulfonamides is 1. The minimum atomic E-state index is -3.61. The summed E-state index contributed by atoms with van der Waals surface area (Å²) in [6.07, 6.45) is 5.22. The summed E-state index contributed by atoms with van der Waals surface area (Å²) >= 11 is 6.07. The van der Waals surface area contributed by atoms with Gasteiger partial charge >= 0.3 is 0 Å². The maximum Gasteiger partial charge on any atom is 0.246 e. The molecule has 1 atom stereocenters. The first-order valence-corrected chi connectivity index (χ1v) is 9.32. The molecule has 1 aliphatic heterocycles. The molecule has 2 rings (SSSR count). The fourth-order valence-electron chi connectivity index (χ4n) is 3.00. The molecule has 0 aliphatic carbocycles. The zero-order valence-electron chi connectivity index (χ0n) is 12.4. The van der Waals surface area contributed by atoms with Crippen LogP contribution >= 0.6 is 11.6 Å². The molecule has 0 bridgehead atoms. The summed E-state index contributed by atoms with van der Waals surface area (Å²) in [5, 5.41) is 0.198. The maximum atomic E-state index is 12.8. The molecule has 6 heteroatoms. The number of hydrogen-bond donors (Lipinski definition) is 1. The van der Waals surface area contributed by atoms with Crippen molar-refractivity contribution >= 4 is 27.3 Å². The van der Waals surface area contributed by atoms with Crippen molar-refractivity contribution < 1.29 is 8.42 Å². The van der Waals surface area contributed by atoms with Crippen molar-refractivity contribution in [2.24, 2.45) is 5.92 Å². The molecule has 0 aromatic heterocycles. The molecule has 2 N–H and O–H groups in total. The van der Waals surface area contributed by atoms with Crippen LogP contribution in [-0.2, 0) is 10.0 Å². The molecule has 1 heterocycles. The third kappa shape index (κ3) is 3.71. The Bertz CT molecular complexity index is 569. The zero-order chi connectivity index (χ0) is 15.5. The first kappa shape index (κ1) is 16.6. The lowest BCUT2D eigenvalue weighted by atomic mass is 9.96. The summed E-state index contributed by atoms with van der Waals surface area (Å²) in [5.41, 5.74) is 6.06. The fraction of sp³-hybridized carbons (Fsp3) is 0.600. The van der Waals surface area contributed by atoms with Gasteiger partial charge in [0.1, 0.15) is 4.90 Å². The van der Waals surface area contributed by atoms with Gasteiger partial charge in [0, 0.05) is 13.1 Å². The van der Waals surface area contributed by atoms with Gasteiger partial charge < -0.3 is 5.73 Å². The van der Waals surface area contributed by atoms with Crippen LogP contribution in [0.25, 0.3) is 0 Å². The largest absolute Gasteiger partial charge is 0.398 e. The van der Waals surface area contributed by atoms with Gasteiger partial charge in [-0.2, -0.15) is 4.31 Å². The minimum absolute atomic E-state index is 0.0561. The molecule has 21 heavy (non-hydrogen) atoms. The highest BCUT2D eigenvalue weighted by Gasteiger charge is 2.30. The van der Waals surface area contributed by atoms with Gasteiger partial charge in [0.25, 0.3) is 0 Å². The van der Waals surface area contributed by atoms with E-state index >= 15 is 0 Å². The van der Waals surface area contributed by atoms with Gasteiger partial charge in [-0.15, -0.1) is 0 Å². The smallest absolute Gasteiger partial charge is 0.246 e. The molecular formula is C15H23ClN2O2S. The number of nitrogens with zero attached hydrogens (tertiary/aromatic N) is 1. The van der Waals surface area contributed by atoms with Crippen molar-refractivity contribution in [2.45, 2.75) is 43.9 Å². The van der Waals surface area contributed by atoms with Crippen molar-refractivity contribution in [3.05, 3.63) is 23.2 Å². The first-order chi connectivity index (χ1) is 9.96. The van der Waals surface area contributed by atoms with Crippen LogP contribution in [0.5, 0.6) is 0 Å². The van der Waals surface area contributed by atoms with E-state index in [1.54, 1.807) is 22.5 Å². The van der Waals surface area contributed by atoms with Gasteiger partial charge in [-0.05, 0) is 37.3 Å². The van der Waals surface area contributed by atoms with E-state index < -0.39 is 10.0 Å². The lowest BCUT2D eigenvalue weighted by molar-refractivity contribution is 0.400. The number of benzene rings is 1. The van der Waals surface area contributed by atoms with E-state index in [1.807, 2.05) is 0 Å². The zero-order valence-corrected chi connectivity index (χ0v) is 14.0. The third-order valence-corrected chi connectivity index (χ3v) is 6.54. The number of anilines is 1. The summed E-state index contributed by atoms with van der Waals surface area (Å²) in [5.74, 6) is 0.624. The van der Waals surface area contributed by atoms with Crippen molar-refractivity contribution in [3.8, 4) is 0 Å². The summed E-state index contributed by atoms with van der Waals surface area (Å²) in [6.45, 7) is 3.27. The van der Waals surface area contributed by atoms with Crippen LogP contribution in [0.4, 0.5) is 5.69 Å². The van der Waals surface area contributed by atoms with Gasteiger partial charge in [0.05, 0.1) is 10.7 Å². The molecule has 1 saturated heterocycles. The molecule has 1 fully saturated rings. The Hall–Kier alpha value is -0.780. The maximum absolute atomic E-state index is 12.8. The van der Waals surface area contributed by atoms with Crippen molar-refractivity contribution in [3.63, 3.8) is 0 Å². The quantitative estimate of drug-likeness (QED) is 0.859. The monoisotopic (exact) mass is 330 g/mol. The van der Waals surface area contributed by atoms with Gasteiger partial charge in [-0.1, -0.05) is 37.4 Å². The van der Waals surface area contributed by atoms with Crippen LogP contribution in [0.2, 0.25) is 5.02 Å². The molecule has 1 aromatic rings. The lowest BCUT2D eigenvalue weighted by Crippen LogP contribution is -2.32. The van der Waals surface area contributed by atoms with Gasteiger partial charge in [-0.3, -0.25) is 0 Å². The number of nitrogen functional groups attached to an aromatic ring is 1. The third-order valence-electron chi connectivity index (χ3n) is 4.10. The van der Waals surface area contributed by atoms with Crippen LogP contribution in [0.3, 0.4) is 0 Å². The van der Waals surface area contributed by atoms with Crippen molar-refractivity contribution in [2.75, 3.05) is 18.8 Å². The first-order valence-electron chi connectivity index (χ1n) is 7.51. The number of hydrogen-bond acceptors (Lipinski definition) is 3. The van der Waals surface area contributed by atoms with E-state index in [1.165, 1.54) is 6.42 Å². The van der Waals surface area contributed by atoms with E-state index in [4.69, 9.17) is 17.3 Å². The Kier molecular flexibility index (Phi) is 5.52. The normalized spacial score (nSPS) is 21.1. The van der Waals surface area contributed by atoms with Crippen molar-refractivity contribution in [1.82, 2.24) is 4.31 Å². The average molecular weight is 331 g/mol. The molecule has 1 aliphatic rings. The number of halogens is 1. The molecule has 118 valence electrons. The predicted molar refractivity (Wildman–Crippen MR) is 86.9 cm³/mol. The number of nitrogens with two attached hydrogens (primary N) is 1. The van der Waals surface area contributed by atoms with E-state index in [9.17, 15) is 8.42 Å². The Morgan fingerprint density at radius 2 is 2.10 bits per heavy atom. The van der Waals surface area contributed by atoms with Crippen LogP contribution in [0.1, 0.15) is 39.0 Å². The van der Waals surface area contributed by atoms with Crippen LogP contribution in [0, 0.1) is 5.92 Å². The summed E-state index contributed by atoms with van der Waals surface area (Å²) < 4.78 is 27.2. The second kappa shape index (κ2) is 6.99. The molecular weight excluding hydrogens is 308 g/mol. The minimum Gasteiger partial charge on any atom is -0.398 e. The topological polar surface area (TPSA) is 63.4 Å². The molecule has 0 amide bonds. The Labute approximate surface area is 132 Å². The SMILES string of the molecule is CCCC1CCCN(S(=O)(=O)c2c(N)cccc2Cl)CC1. The Morgan fingerprint density at radius 3 is 2.76 bits per heavy atom. The van der Waals surface area contributed by atoms with Crippen LogP contribution in [-0.4, -0.2) is 25.8 Å². The number of rotatable bonds is 4. The molecule has 1 aromatic carbocycles. The second-order valence-corrected chi connectivity index (χ2v) is 7.93. The van der Waals surface area contributed by atoms with E-state index in [2.05, 4.69) is 6.92 Å². The predicted octanol–water partition coefficient (Wildman–Crippen LogP) is 3.51. The molecule has 0 spiro atoms. The summed E-state index contributed by atoms with van der Waals surface area (Å²) in [7, 11) is -3.61. The van der Waals surface area contributed by atoms with E-state index in [0.717, 1.165) is 25.7 Å². The van der Waals surface area contributed by atoms with Crippen LogP contribution in [0.15, 0.2) is 23.1 Å². The Morgan fingerprint density at radius 1 is 1.33 bits per heavy atom. The summed E-state index contributed by atoms with van der Waals surface area (Å²) in [6, 6.07) is 4.81. The van der Waals surface area contributed by atoms with Gasteiger partial charge in [0.15, 0.2) is 0 Å². The summed E-state index contributed by atoms with van der Waals surface area (Å²) in [4.78, 5) is 0.0561. The molecule has 1 unspecified atom stereocenters. The highest BCUT2D eigenvalue weighted by Crippen LogP contribution is 2.32. The Balaban J connectivity index is 2.24. The lowest BCUT2D eigenvalue weighted by Gasteiger charge is -2.21. The van der Waals surface area contributed by atoms with Gasteiger partial charge in [-0.25, -0.2) is 8.42 Å². The highest BCUT2D eigenvalue weighted by atomic mass is 35.5. The fourth-order valence-corrected chi connectivity index (χ4v) is 5.13.